The highest BCUT2D eigenvalue weighted by atomic mass is 32.1. The Kier molecular flexibility index (Phi) is 3.43. The zero-order chi connectivity index (χ0) is 13.9. The molecule has 0 amide bonds. The predicted octanol–water partition coefficient (Wildman–Crippen LogP) is 4.05. The molecule has 0 saturated heterocycles. The predicted molar refractivity (Wildman–Crippen MR) is 80.8 cm³/mol. The van der Waals surface area contributed by atoms with Crippen molar-refractivity contribution < 1.29 is 9.26 Å². The molecule has 0 spiro atoms. The first-order valence-electron chi connectivity index (χ1n) is 6.30. The Morgan fingerprint density at radius 2 is 2.00 bits per heavy atom. The van der Waals surface area contributed by atoms with E-state index < -0.39 is 0 Å². The third kappa shape index (κ3) is 2.28. The lowest BCUT2D eigenvalue weighted by molar-refractivity contribution is 0.340. The van der Waals surface area contributed by atoms with Gasteiger partial charge in [0.1, 0.15) is 5.75 Å². The van der Waals surface area contributed by atoms with E-state index in [-0.39, 0.29) is 0 Å². The van der Waals surface area contributed by atoms with Crippen LogP contribution in [0.3, 0.4) is 0 Å². The van der Waals surface area contributed by atoms with E-state index in [2.05, 4.69) is 5.16 Å². The second-order valence-corrected chi connectivity index (χ2v) is 5.02. The van der Waals surface area contributed by atoms with Gasteiger partial charge in [0, 0.05) is 10.9 Å². The van der Waals surface area contributed by atoms with Gasteiger partial charge in [-0.1, -0.05) is 17.3 Å². The molecule has 102 valence electrons. The molecule has 1 aromatic carbocycles. The fourth-order valence-corrected chi connectivity index (χ4v) is 2.69. The van der Waals surface area contributed by atoms with Gasteiger partial charge in [-0.15, -0.1) is 0 Å². The van der Waals surface area contributed by atoms with Crippen molar-refractivity contribution in [2.24, 2.45) is 0 Å². The van der Waals surface area contributed by atoms with Gasteiger partial charge in [-0.3, -0.25) is 0 Å². The van der Waals surface area contributed by atoms with Crippen LogP contribution in [0.5, 0.6) is 5.75 Å². The minimum atomic E-state index is 0.398. The van der Waals surface area contributed by atoms with Crippen molar-refractivity contribution in [3.63, 3.8) is 0 Å². The highest BCUT2D eigenvalue weighted by Gasteiger charge is 2.17. The monoisotopic (exact) mass is 286 g/mol. The summed E-state index contributed by atoms with van der Waals surface area (Å²) in [5.41, 5.74) is 8.72. The highest BCUT2D eigenvalue weighted by Crippen LogP contribution is 2.37. The van der Waals surface area contributed by atoms with Gasteiger partial charge in [0.15, 0.2) is 11.6 Å². The van der Waals surface area contributed by atoms with Crippen LogP contribution in [-0.2, 0) is 0 Å². The molecule has 0 aliphatic rings. The van der Waals surface area contributed by atoms with Crippen LogP contribution in [0, 0.1) is 0 Å². The molecule has 4 nitrogen and oxygen atoms in total. The van der Waals surface area contributed by atoms with Crippen molar-refractivity contribution in [2.75, 3.05) is 12.3 Å². The molecule has 0 radical (unpaired) electrons. The lowest BCUT2D eigenvalue weighted by Crippen LogP contribution is -1.92. The minimum Gasteiger partial charge on any atom is -0.494 e. The molecule has 0 fully saturated rings. The summed E-state index contributed by atoms with van der Waals surface area (Å²) in [6.07, 6.45) is 0. The average molecular weight is 286 g/mol. The van der Waals surface area contributed by atoms with Crippen LogP contribution in [0.4, 0.5) is 5.82 Å². The summed E-state index contributed by atoms with van der Waals surface area (Å²) in [4.78, 5) is 0. The Morgan fingerprint density at radius 3 is 2.65 bits per heavy atom. The number of ether oxygens (including phenoxy) is 1. The number of nitrogens with zero attached hydrogens (tertiary/aromatic N) is 1. The number of anilines is 1. The molecule has 0 atom stereocenters. The molecule has 2 aromatic heterocycles. The lowest BCUT2D eigenvalue weighted by atomic mass is 10.0. The van der Waals surface area contributed by atoms with Crippen molar-refractivity contribution >= 4 is 17.2 Å². The van der Waals surface area contributed by atoms with Gasteiger partial charge in [0.05, 0.1) is 12.2 Å². The summed E-state index contributed by atoms with van der Waals surface area (Å²) < 4.78 is 10.8. The van der Waals surface area contributed by atoms with Crippen LogP contribution >= 0.6 is 11.3 Å². The summed E-state index contributed by atoms with van der Waals surface area (Å²) >= 11 is 1.61. The van der Waals surface area contributed by atoms with Crippen molar-refractivity contribution in [3.8, 4) is 28.2 Å². The standard InChI is InChI=1S/C15H14N2O2S/c1-2-18-12-5-3-10(4-6-12)13-14(19-17-15(13)16)11-7-8-20-9-11/h3-9H,2H2,1H3,(H2,16,17). The van der Waals surface area contributed by atoms with Crippen LogP contribution in [0.2, 0.25) is 0 Å². The first kappa shape index (κ1) is 12.7. The zero-order valence-electron chi connectivity index (χ0n) is 11.0. The molecule has 0 saturated carbocycles. The maximum absolute atomic E-state index is 5.94. The summed E-state index contributed by atoms with van der Waals surface area (Å²) in [7, 11) is 0. The molecule has 20 heavy (non-hydrogen) atoms. The minimum absolute atomic E-state index is 0.398. The number of benzene rings is 1. The fourth-order valence-electron chi connectivity index (χ4n) is 2.06. The van der Waals surface area contributed by atoms with Gasteiger partial charge >= 0.3 is 0 Å². The molecular formula is C15H14N2O2S. The summed E-state index contributed by atoms with van der Waals surface area (Å²) in [6, 6.07) is 9.75. The van der Waals surface area contributed by atoms with Crippen LogP contribution in [-0.4, -0.2) is 11.8 Å². The number of hydrogen-bond donors (Lipinski definition) is 1. The molecule has 0 bridgehead atoms. The van der Waals surface area contributed by atoms with Crippen LogP contribution in [0.1, 0.15) is 6.92 Å². The molecular weight excluding hydrogens is 272 g/mol. The van der Waals surface area contributed by atoms with Crippen LogP contribution in [0.15, 0.2) is 45.6 Å². The van der Waals surface area contributed by atoms with E-state index >= 15 is 0 Å². The van der Waals surface area contributed by atoms with Crippen molar-refractivity contribution in [3.05, 3.63) is 41.1 Å². The number of nitrogens with two attached hydrogens (primary N) is 1. The van der Waals surface area contributed by atoms with Gasteiger partial charge in [-0.2, -0.15) is 11.3 Å². The first-order chi connectivity index (χ1) is 9.79. The number of rotatable bonds is 4. The van der Waals surface area contributed by atoms with Gasteiger partial charge in [-0.25, -0.2) is 0 Å². The maximum Gasteiger partial charge on any atom is 0.177 e. The maximum atomic E-state index is 5.94. The number of nitrogen functional groups attached to an aromatic ring is 1. The lowest BCUT2D eigenvalue weighted by Gasteiger charge is -2.05. The summed E-state index contributed by atoms with van der Waals surface area (Å²) in [5.74, 6) is 1.94. The Bertz CT molecular complexity index is 687. The largest absolute Gasteiger partial charge is 0.494 e. The quantitative estimate of drug-likeness (QED) is 0.786. The SMILES string of the molecule is CCOc1ccc(-c2c(N)noc2-c2ccsc2)cc1. The van der Waals surface area contributed by atoms with Gasteiger partial charge < -0.3 is 15.0 Å². The van der Waals surface area contributed by atoms with Crippen LogP contribution < -0.4 is 10.5 Å². The van der Waals surface area contributed by atoms with Crippen LogP contribution in [0.25, 0.3) is 22.5 Å². The molecule has 5 heteroatoms. The average Bonchev–Trinajstić information content (AvgIpc) is 3.09. The zero-order valence-corrected chi connectivity index (χ0v) is 11.8. The molecule has 2 heterocycles. The van der Waals surface area contributed by atoms with E-state index in [1.165, 1.54) is 0 Å². The van der Waals surface area contributed by atoms with Gasteiger partial charge in [0.25, 0.3) is 0 Å². The first-order valence-corrected chi connectivity index (χ1v) is 7.25. The molecule has 3 aromatic rings. The topological polar surface area (TPSA) is 61.3 Å². The van der Waals surface area contributed by atoms with Crippen molar-refractivity contribution in [1.82, 2.24) is 5.16 Å². The van der Waals surface area contributed by atoms with E-state index in [9.17, 15) is 0 Å². The summed E-state index contributed by atoms with van der Waals surface area (Å²) in [6.45, 7) is 2.61. The highest BCUT2D eigenvalue weighted by molar-refractivity contribution is 7.08. The third-order valence-electron chi connectivity index (χ3n) is 2.96. The molecule has 0 aliphatic carbocycles. The number of hydrogen-bond acceptors (Lipinski definition) is 5. The molecule has 0 unspecified atom stereocenters. The number of thiophene rings is 1. The molecule has 0 aliphatic heterocycles. The van der Waals surface area contributed by atoms with E-state index in [0.29, 0.717) is 18.2 Å². The molecule has 3 rings (SSSR count). The normalized spacial score (nSPS) is 10.7. The fraction of sp³-hybridized carbons (Fsp3) is 0.133. The van der Waals surface area contributed by atoms with Crippen molar-refractivity contribution in [1.29, 1.82) is 0 Å². The smallest absolute Gasteiger partial charge is 0.177 e. The molecule has 2 N–H and O–H groups in total. The summed E-state index contributed by atoms with van der Waals surface area (Å²) in [5, 5.41) is 7.89. The Labute approximate surface area is 120 Å². The Balaban J connectivity index is 2.03. The van der Waals surface area contributed by atoms with Gasteiger partial charge in [-0.05, 0) is 36.1 Å². The van der Waals surface area contributed by atoms with E-state index in [0.717, 1.165) is 22.4 Å². The van der Waals surface area contributed by atoms with Gasteiger partial charge in [0.2, 0.25) is 0 Å². The van der Waals surface area contributed by atoms with E-state index in [1.807, 2.05) is 48.0 Å². The van der Waals surface area contributed by atoms with E-state index in [4.69, 9.17) is 15.0 Å². The second-order valence-electron chi connectivity index (χ2n) is 4.24. The Hall–Kier alpha value is -2.27. The van der Waals surface area contributed by atoms with Crippen molar-refractivity contribution in [2.45, 2.75) is 6.92 Å². The van der Waals surface area contributed by atoms with E-state index in [1.54, 1.807) is 11.3 Å². The number of aromatic nitrogens is 1. The second kappa shape index (κ2) is 5.38. The third-order valence-corrected chi connectivity index (χ3v) is 3.64. The Morgan fingerprint density at radius 1 is 1.20 bits per heavy atom.